The zero-order valence-electron chi connectivity index (χ0n) is 15.1. The highest BCUT2D eigenvalue weighted by atomic mass is 19.1. The Morgan fingerprint density at radius 3 is 2.71 bits per heavy atom. The average molecular weight is 389 g/mol. The van der Waals surface area contributed by atoms with Crippen LogP contribution < -0.4 is 10.7 Å². The van der Waals surface area contributed by atoms with Gasteiger partial charge in [-0.25, -0.2) is 14.0 Å². The number of esters is 1. The minimum atomic E-state index is -0.951. The van der Waals surface area contributed by atoms with Crippen molar-refractivity contribution in [1.82, 2.24) is 15.8 Å². The first kappa shape index (κ1) is 19.5. The standard InChI is InChI=1S/C19H20FN3O5/c20-14-6-4-5-13(11-14)7-8-16(25)28-12-15(24)22-23-17(26)19(21-18(23)27)9-2-1-3-10-19/h4-8,11H,1-3,9-10,12H2,(H,21,27)(H,22,24)/b8-7+. The minimum Gasteiger partial charge on any atom is -0.452 e. The summed E-state index contributed by atoms with van der Waals surface area (Å²) >= 11 is 0. The Morgan fingerprint density at radius 2 is 2.00 bits per heavy atom. The first-order valence-electron chi connectivity index (χ1n) is 8.96. The molecule has 4 amide bonds. The molecule has 148 valence electrons. The molecule has 0 radical (unpaired) electrons. The van der Waals surface area contributed by atoms with Crippen LogP contribution in [0.4, 0.5) is 9.18 Å². The monoisotopic (exact) mass is 389 g/mol. The van der Waals surface area contributed by atoms with Gasteiger partial charge in [-0.2, -0.15) is 5.01 Å². The molecular weight excluding hydrogens is 369 g/mol. The van der Waals surface area contributed by atoms with Crippen LogP contribution in [0.15, 0.2) is 30.3 Å². The Morgan fingerprint density at radius 1 is 1.25 bits per heavy atom. The van der Waals surface area contributed by atoms with E-state index in [-0.39, 0.29) is 0 Å². The van der Waals surface area contributed by atoms with Crippen molar-refractivity contribution < 1.29 is 28.3 Å². The fourth-order valence-corrected chi connectivity index (χ4v) is 3.33. The molecule has 1 saturated carbocycles. The van der Waals surface area contributed by atoms with Gasteiger partial charge in [-0.3, -0.25) is 15.0 Å². The van der Waals surface area contributed by atoms with Gasteiger partial charge in [0.25, 0.3) is 11.8 Å². The third-order valence-electron chi connectivity index (χ3n) is 4.71. The molecule has 2 N–H and O–H groups in total. The number of urea groups is 1. The molecule has 1 aliphatic carbocycles. The third-order valence-corrected chi connectivity index (χ3v) is 4.71. The number of nitrogens with one attached hydrogen (secondary N) is 2. The third kappa shape index (κ3) is 4.36. The maximum Gasteiger partial charge on any atom is 0.344 e. The van der Waals surface area contributed by atoms with E-state index in [1.165, 1.54) is 24.3 Å². The number of hydrogen-bond acceptors (Lipinski definition) is 5. The first-order chi connectivity index (χ1) is 13.4. The number of benzene rings is 1. The number of ether oxygens (including phenoxy) is 1. The lowest BCUT2D eigenvalue weighted by molar-refractivity contribution is -0.147. The Labute approximate surface area is 160 Å². The van der Waals surface area contributed by atoms with Crippen LogP contribution in [0, 0.1) is 5.82 Å². The van der Waals surface area contributed by atoms with E-state index in [2.05, 4.69) is 10.7 Å². The predicted molar refractivity (Wildman–Crippen MR) is 95.7 cm³/mol. The van der Waals surface area contributed by atoms with Crippen molar-refractivity contribution in [1.29, 1.82) is 0 Å². The Balaban J connectivity index is 1.49. The van der Waals surface area contributed by atoms with Crippen molar-refractivity contribution in [2.45, 2.75) is 37.6 Å². The molecule has 1 aromatic rings. The van der Waals surface area contributed by atoms with E-state index in [4.69, 9.17) is 4.74 Å². The summed E-state index contributed by atoms with van der Waals surface area (Å²) in [6.07, 6.45) is 6.09. The van der Waals surface area contributed by atoms with Crippen molar-refractivity contribution in [3.05, 3.63) is 41.7 Å². The van der Waals surface area contributed by atoms with Gasteiger partial charge in [-0.1, -0.05) is 31.4 Å². The molecule has 0 unspecified atom stereocenters. The number of rotatable bonds is 5. The van der Waals surface area contributed by atoms with E-state index >= 15 is 0 Å². The quantitative estimate of drug-likeness (QED) is 0.453. The second-order valence-corrected chi connectivity index (χ2v) is 6.74. The number of halogens is 1. The largest absolute Gasteiger partial charge is 0.452 e. The molecule has 1 aliphatic heterocycles. The Hall–Kier alpha value is -3.23. The summed E-state index contributed by atoms with van der Waals surface area (Å²) in [5, 5.41) is 3.30. The molecule has 3 rings (SSSR count). The molecule has 1 spiro atoms. The molecule has 1 aromatic carbocycles. The molecule has 8 nitrogen and oxygen atoms in total. The number of carbonyl (C=O) groups excluding carboxylic acids is 4. The maximum absolute atomic E-state index is 13.1. The lowest BCUT2D eigenvalue weighted by Crippen LogP contribution is -2.51. The smallest absolute Gasteiger partial charge is 0.344 e. The summed E-state index contributed by atoms with van der Waals surface area (Å²) < 4.78 is 17.8. The zero-order chi connectivity index (χ0) is 20.1. The lowest BCUT2D eigenvalue weighted by atomic mass is 9.82. The highest BCUT2D eigenvalue weighted by Crippen LogP contribution is 2.32. The summed E-state index contributed by atoms with van der Waals surface area (Å²) in [7, 11) is 0. The highest BCUT2D eigenvalue weighted by molar-refractivity contribution is 6.08. The van der Waals surface area contributed by atoms with E-state index in [0.29, 0.717) is 23.4 Å². The van der Waals surface area contributed by atoms with E-state index in [1.54, 1.807) is 6.07 Å². The Bertz CT molecular complexity index is 833. The molecule has 9 heteroatoms. The highest BCUT2D eigenvalue weighted by Gasteiger charge is 2.52. The summed E-state index contributed by atoms with van der Waals surface area (Å²) in [5.74, 6) is -2.58. The SMILES string of the molecule is O=C(COC(=O)/C=C/c1cccc(F)c1)NN1C(=O)NC2(CCCCC2)C1=O. The Kier molecular flexibility index (Phi) is 5.72. The van der Waals surface area contributed by atoms with Gasteiger partial charge >= 0.3 is 12.0 Å². The van der Waals surface area contributed by atoms with Crippen LogP contribution in [0.3, 0.4) is 0 Å². The second kappa shape index (κ2) is 8.20. The van der Waals surface area contributed by atoms with E-state index < -0.39 is 41.8 Å². The van der Waals surface area contributed by atoms with Gasteiger partial charge in [0.15, 0.2) is 6.61 Å². The van der Waals surface area contributed by atoms with Crippen molar-refractivity contribution in [3.63, 3.8) is 0 Å². The van der Waals surface area contributed by atoms with E-state index in [9.17, 15) is 23.6 Å². The topological polar surface area (TPSA) is 105 Å². The van der Waals surface area contributed by atoms with Gasteiger partial charge < -0.3 is 10.1 Å². The molecular formula is C19H20FN3O5. The van der Waals surface area contributed by atoms with Crippen molar-refractivity contribution in [2.24, 2.45) is 0 Å². The van der Waals surface area contributed by atoms with Gasteiger partial charge in [0.05, 0.1) is 0 Å². The molecule has 0 bridgehead atoms. The molecule has 2 aliphatic rings. The van der Waals surface area contributed by atoms with Gasteiger partial charge in [0.1, 0.15) is 11.4 Å². The van der Waals surface area contributed by atoms with Crippen LogP contribution in [0.5, 0.6) is 0 Å². The molecule has 2 fully saturated rings. The maximum atomic E-state index is 13.1. The summed E-state index contributed by atoms with van der Waals surface area (Å²) in [6.45, 7) is -0.670. The molecule has 1 heterocycles. The number of carbonyl (C=O) groups is 4. The lowest BCUT2D eigenvalue weighted by Gasteiger charge is -2.30. The number of nitrogens with zero attached hydrogens (tertiary/aromatic N) is 1. The second-order valence-electron chi connectivity index (χ2n) is 6.74. The van der Waals surface area contributed by atoms with Crippen LogP contribution in [0.25, 0.3) is 6.08 Å². The van der Waals surface area contributed by atoms with Gasteiger partial charge in [-0.05, 0) is 36.6 Å². The van der Waals surface area contributed by atoms with Crippen LogP contribution in [-0.4, -0.2) is 41.0 Å². The van der Waals surface area contributed by atoms with Gasteiger partial charge in [0.2, 0.25) is 0 Å². The normalized spacial score (nSPS) is 18.4. The van der Waals surface area contributed by atoms with Crippen molar-refractivity contribution in [2.75, 3.05) is 6.61 Å². The van der Waals surface area contributed by atoms with Gasteiger partial charge in [0, 0.05) is 6.08 Å². The fraction of sp³-hybridized carbons (Fsp3) is 0.368. The minimum absolute atomic E-state index is 0.445. The first-order valence-corrected chi connectivity index (χ1v) is 8.96. The summed E-state index contributed by atoms with van der Waals surface area (Å²) in [5.41, 5.74) is 1.67. The number of imide groups is 1. The predicted octanol–water partition coefficient (Wildman–Crippen LogP) is 1.67. The number of hydrogen-bond donors (Lipinski definition) is 2. The van der Waals surface area contributed by atoms with E-state index in [0.717, 1.165) is 25.3 Å². The van der Waals surface area contributed by atoms with E-state index in [1.807, 2.05) is 0 Å². The summed E-state index contributed by atoms with van der Waals surface area (Å²) in [4.78, 5) is 48.2. The van der Waals surface area contributed by atoms with Crippen LogP contribution in [-0.2, 0) is 19.1 Å². The molecule has 0 aromatic heterocycles. The average Bonchev–Trinajstić information content (AvgIpc) is 2.89. The van der Waals surface area contributed by atoms with Crippen molar-refractivity contribution >= 4 is 29.9 Å². The molecule has 1 saturated heterocycles. The summed E-state index contributed by atoms with van der Waals surface area (Å²) in [6, 6.07) is 4.89. The van der Waals surface area contributed by atoms with Crippen molar-refractivity contribution in [3.8, 4) is 0 Å². The number of amides is 4. The number of hydrazine groups is 1. The van der Waals surface area contributed by atoms with Crippen LogP contribution in [0.1, 0.15) is 37.7 Å². The molecule has 28 heavy (non-hydrogen) atoms. The zero-order valence-corrected chi connectivity index (χ0v) is 15.1. The van der Waals surface area contributed by atoms with Crippen LogP contribution >= 0.6 is 0 Å². The fourth-order valence-electron chi connectivity index (χ4n) is 3.33. The molecule has 0 atom stereocenters. The van der Waals surface area contributed by atoms with Gasteiger partial charge in [-0.15, -0.1) is 0 Å². The van der Waals surface area contributed by atoms with Crippen LogP contribution in [0.2, 0.25) is 0 Å².